The van der Waals surface area contributed by atoms with E-state index in [1.165, 1.54) is 0 Å². The van der Waals surface area contributed by atoms with Crippen molar-refractivity contribution in [1.82, 2.24) is 20.2 Å². The lowest BCUT2D eigenvalue weighted by molar-refractivity contribution is 0.787. The van der Waals surface area contributed by atoms with Gasteiger partial charge in [-0.25, -0.2) is 0 Å². The fourth-order valence-electron chi connectivity index (χ4n) is 1.81. The number of tetrazole rings is 1. The quantitative estimate of drug-likeness (QED) is 0.788. The fourth-order valence-corrected chi connectivity index (χ4v) is 2.07. The smallest absolute Gasteiger partial charge is 0.181 e. The number of nitrogens with zero attached hydrogens (tertiary/aromatic N) is 4. The van der Waals surface area contributed by atoms with Crippen molar-refractivity contribution < 1.29 is 0 Å². The Balaban J connectivity index is 1.75. The number of halogens is 1. The maximum absolute atomic E-state index is 4.01. The highest BCUT2D eigenvalue weighted by atomic mass is 79.9. The van der Waals surface area contributed by atoms with Crippen LogP contribution in [0.5, 0.6) is 0 Å². The largest absolute Gasteiger partial charge is 0.362 e. The number of para-hydroxylation sites is 1. The van der Waals surface area contributed by atoms with Crippen LogP contribution >= 0.6 is 15.9 Å². The molecular weight excluding hydrogens is 330 g/mol. The first-order valence-electron chi connectivity index (χ1n) is 6.35. The normalized spacial score (nSPS) is 10.9. The highest BCUT2D eigenvalue weighted by molar-refractivity contribution is 9.10. The topological polar surface area (TPSA) is 55.6 Å². The zero-order chi connectivity index (χ0) is 14.5. The molecule has 3 aromatic rings. The van der Waals surface area contributed by atoms with E-state index in [1.807, 2.05) is 66.9 Å². The van der Waals surface area contributed by atoms with Gasteiger partial charge in [0.15, 0.2) is 5.82 Å². The molecule has 0 saturated heterocycles. The number of benzene rings is 2. The van der Waals surface area contributed by atoms with Crippen molar-refractivity contribution in [1.29, 1.82) is 0 Å². The molecule has 0 aliphatic carbocycles. The summed E-state index contributed by atoms with van der Waals surface area (Å²) in [6, 6.07) is 17.7. The van der Waals surface area contributed by atoms with Crippen LogP contribution < -0.4 is 5.32 Å². The van der Waals surface area contributed by atoms with Gasteiger partial charge < -0.3 is 5.32 Å². The van der Waals surface area contributed by atoms with Gasteiger partial charge in [-0.2, -0.15) is 4.68 Å². The second-order valence-electron chi connectivity index (χ2n) is 4.27. The van der Waals surface area contributed by atoms with Crippen LogP contribution in [0.3, 0.4) is 0 Å². The van der Waals surface area contributed by atoms with Crippen molar-refractivity contribution in [3.63, 3.8) is 0 Å². The van der Waals surface area contributed by atoms with E-state index < -0.39 is 0 Å². The second kappa shape index (κ2) is 6.32. The minimum absolute atomic E-state index is 0.658. The van der Waals surface area contributed by atoms with Crippen molar-refractivity contribution in [3.05, 3.63) is 71.1 Å². The molecule has 1 aromatic heterocycles. The molecule has 2 aromatic carbocycles. The van der Waals surface area contributed by atoms with Crippen molar-refractivity contribution in [2.75, 3.05) is 5.32 Å². The zero-order valence-corrected chi connectivity index (χ0v) is 12.6. The van der Waals surface area contributed by atoms with Crippen LogP contribution in [0, 0.1) is 0 Å². The number of hydrogen-bond donors (Lipinski definition) is 1. The number of hydrogen-bond acceptors (Lipinski definition) is 4. The van der Waals surface area contributed by atoms with Crippen LogP contribution in [-0.4, -0.2) is 20.2 Å². The average Bonchev–Trinajstić information content (AvgIpc) is 2.99. The van der Waals surface area contributed by atoms with E-state index in [-0.39, 0.29) is 0 Å². The lowest BCUT2D eigenvalue weighted by Crippen LogP contribution is -1.99. The predicted octanol–water partition coefficient (Wildman–Crippen LogP) is 3.51. The van der Waals surface area contributed by atoms with E-state index in [0.29, 0.717) is 5.82 Å². The number of nitrogens with one attached hydrogen (secondary N) is 1. The molecule has 0 saturated carbocycles. The van der Waals surface area contributed by atoms with Crippen molar-refractivity contribution in [2.24, 2.45) is 0 Å². The molecule has 6 heteroatoms. The van der Waals surface area contributed by atoms with E-state index in [0.717, 1.165) is 15.8 Å². The number of aromatic nitrogens is 4. The summed E-state index contributed by atoms with van der Waals surface area (Å²) in [5, 5.41) is 14.9. The zero-order valence-electron chi connectivity index (χ0n) is 11.0. The van der Waals surface area contributed by atoms with Gasteiger partial charge in [0.25, 0.3) is 0 Å². The minimum Gasteiger partial charge on any atom is -0.362 e. The molecule has 0 amide bonds. The van der Waals surface area contributed by atoms with Gasteiger partial charge in [-0.3, -0.25) is 0 Å². The van der Waals surface area contributed by atoms with E-state index in [4.69, 9.17) is 0 Å². The van der Waals surface area contributed by atoms with Crippen LogP contribution in [0.15, 0.2) is 65.3 Å². The number of anilines is 1. The Morgan fingerprint density at radius 1 is 1.00 bits per heavy atom. The van der Waals surface area contributed by atoms with Crippen LogP contribution in [-0.2, 0) is 0 Å². The second-order valence-corrected chi connectivity index (χ2v) is 5.18. The molecule has 5 nitrogen and oxygen atoms in total. The highest BCUT2D eigenvalue weighted by Crippen LogP contribution is 2.14. The Labute approximate surface area is 130 Å². The Bertz CT molecular complexity index is 734. The van der Waals surface area contributed by atoms with Gasteiger partial charge in [0.1, 0.15) is 0 Å². The predicted molar refractivity (Wildman–Crippen MR) is 86.0 cm³/mol. The van der Waals surface area contributed by atoms with Crippen molar-refractivity contribution in [2.45, 2.75) is 0 Å². The molecule has 0 atom stereocenters. The summed E-state index contributed by atoms with van der Waals surface area (Å²) in [4.78, 5) is 0. The maximum Gasteiger partial charge on any atom is 0.181 e. The van der Waals surface area contributed by atoms with Crippen LogP contribution in [0.2, 0.25) is 0 Å². The molecule has 0 spiro atoms. The first-order valence-corrected chi connectivity index (χ1v) is 7.15. The molecule has 0 aliphatic rings. The van der Waals surface area contributed by atoms with Gasteiger partial charge in [-0.1, -0.05) is 34.1 Å². The molecule has 3 rings (SSSR count). The minimum atomic E-state index is 0.658. The molecule has 0 aliphatic heterocycles. The lowest BCUT2D eigenvalue weighted by Gasteiger charge is -2.02. The standard InChI is InChI=1S/C15H12BrN5/c16-12-6-8-13(9-7-12)17-11-10-15-18-19-20-21(15)14-4-2-1-3-5-14/h1-11,17H/b11-10+. The van der Waals surface area contributed by atoms with Crippen LogP contribution in [0.4, 0.5) is 5.69 Å². The Morgan fingerprint density at radius 3 is 2.52 bits per heavy atom. The summed E-state index contributed by atoms with van der Waals surface area (Å²) in [6.07, 6.45) is 3.64. The highest BCUT2D eigenvalue weighted by Gasteiger charge is 2.03. The molecule has 0 fully saturated rings. The van der Waals surface area contributed by atoms with E-state index in [9.17, 15) is 0 Å². The van der Waals surface area contributed by atoms with E-state index in [2.05, 4.69) is 36.8 Å². The molecule has 104 valence electrons. The van der Waals surface area contributed by atoms with Gasteiger partial charge in [-0.15, -0.1) is 5.10 Å². The van der Waals surface area contributed by atoms with Gasteiger partial charge >= 0.3 is 0 Å². The third-order valence-corrected chi connectivity index (χ3v) is 3.35. The van der Waals surface area contributed by atoms with E-state index >= 15 is 0 Å². The SMILES string of the molecule is Brc1ccc(N/C=C/c2nnnn2-c2ccccc2)cc1. The van der Waals surface area contributed by atoms with Gasteiger partial charge in [0, 0.05) is 22.4 Å². The summed E-state index contributed by atoms with van der Waals surface area (Å²) in [6.45, 7) is 0. The Morgan fingerprint density at radius 2 is 1.76 bits per heavy atom. The summed E-state index contributed by atoms with van der Waals surface area (Å²) in [5.74, 6) is 0.658. The number of rotatable bonds is 4. The first-order chi connectivity index (χ1) is 10.3. The Kier molecular flexibility index (Phi) is 4.07. The molecular formula is C15H12BrN5. The third kappa shape index (κ3) is 3.35. The molecule has 0 radical (unpaired) electrons. The van der Waals surface area contributed by atoms with Crippen molar-refractivity contribution in [3.8, 4) is 5.69 Å². The van der Waals surface area contributed by atoms with Gasteiger partial charge in [0.05, 0.1) is 5.69 Å². The summed E-state index contributed by atoms with van der Waals surface area (Å²) >= 11 is 3.40. The van der Waals surface area contributed by atoms with Crippen LogP contribution in [0.25, 0.3) is 11.8 Å². The van der Waals surface area contributed by atoms with E-state index in [1.54, 1.807) is 4.68 Å². The average molecular weight is 342 g/mol. The Hall–Kier alpha value is -2.47. The summed E-state index contributed by atoms with van der Waals surface area (Å²) in [5.41, 5.74) is 1.92. The monoisotopic (exact) mass is 341 g/mol. The molecule has 0 unspecified atom stereocenters. The molecule has 21 heavy (non-hydrogen) atoms. The summed E-state index contributed by atoms with van der Waals surface area (Å²) in [7, 11) is 0. The molecule has 1 heterocycles. The fraction of sp³-hybridized carbons (Fsp3) is 0. The molecule has 1 N–H and O–H groups in total. The maximum atomic E-state index is 4.01. The molecule has 0 bridgehead atoms. The van der Waals surface area contributed by atoms with Gasteiger partial charge in [0.2, 0.25) is 0 Å². The van der Waals surface area contributed by atoms with Crippen molar-refractivity contribution >= 4 is 27.7 Å². The first kappa shape index (κ1) is 13.5. The summed E-state index contributed by atoms with van der Waals surface area (Å²) < 4.78 is 2.73. The van der Waals surface area contributed by atoms with Crippen LogP contribution in [0.1, 0.15) is 5.82 Å². The van der Waals surface area contributed by atoms with Gasteiger partial charge in [-0.05, 0) is 46.8 Å². The lowest BCUT2D eigenvalue weighted by atomic mass is 10.3. The third-order valence-electron chi connectivity index (χ3n) is 2.82.